The molecule has 2 heterocycles. The lowest BCUT2D eigenvalue weighted by Crippen LogP contribution is -2.43. The first-order chi connectivity index (χ1) is 13.4. The van der Waals surface area contributed by atoms with Gasteiger partial charge in [-0.05, 0) is 57.4 Å². The van der Waals surface area contributed by atoms with E-state index in [-0.39, 0.29) is 0 Å². The number of piperidine rings is 1. The van der Waals surface area contributed by atoms with Crippen LogP contribution in [0.1, 0.15) is 36.2 Å². The number of aromatic nitrogens is 1. The molecule has 1 aromatic heterocycles. The molecule has 0 atom stereocenters. The van der Waals surface area contributed by atoms with Crippen molar-refractivity contribution < 1.29 is 9.59 Å². The van der Waals surface area contributed by atoms with Crippen molar-refractivity contribution in [1.29, 1.82) is 0 Å². The van der Waals surface area contributed by atoms with Gasteiger partial charge in [-0.2, -0.15) is 5.10 Å². The molecule has 6 nitrogen and oxygen atoms in total. The zero-order chi connectivity index (χ0) is 20.3. The highest BCUT2D eigenvalue weighted by molar-refractivity contribution is 6.42. The van der Waals surface area contributed by atoms with Crippen LogP contribution in [0.2, 0.25) is 10.0 Å². The van der Waals surface area contributed by atoms with Crippen LogP contribution >= 0.6 is 23.2 Å². The van der Waals surface area contributed by atoms with Gasteiger partial charge in [-0.15, -0.1) is 0 Å². The fraction of sp³-hybridized carbons (Fsp3) is 0.350. The smallest absolute Gasteiger partial charge is 0.329 e. The molecule has 1 aliphatic rings. The number of rotatable bonds is 3. The van der Waals surface area contributed by atoms with Crippen molar-refractivity contribution in [1.82, 2.24) is 14.9 Å². The zero-order valence-corrected chi connectivity index (χ0v) is 17.3. The van der Waals surface area contributed by atoms with Gasteiger partial charge in [-0.3, -0.25) is 9.59 Å². The Kier molecular flexibility index (Phi) is 6.42. The molecule has 1 aliphatic heterocycles. The first kappa shape index (κ1) is 20.4. The van der Waals surface area contributed by atoms with Crippen LogP contribution in [0.15, 0.2) is 29.4 Å². The molecular formula is C20H22Cl2N4O2. The lowest BCUT2D eigenvalue weighted by molar-refractivity contribution is -0.146. The quantitative estimate of drug-likeness (QED) is 0.465. The van der Waals surface area contributed by atoms with Crippen LogP contribution in [-0.4, -0.2) is 40.6 Å². The second-order valence-corrected chi connectivity index (χ2v) is 7.63. The van der Waals surface area contributed by atoms with Crippen molar-refractivity contribution >= 4 is 41.2 Å². The van der Waals surface area contributed by atoms with Crippen molar-refractivity contribution in [2.75, 3.05) is 13.1 Å². The number of nitrogens with zero attached hydrogens (tertiary/aromatic N) is 3. The van der Waals surface area contributed by atoms with E-state index in [0.717, 1.165) is 41.9 Å². The Balaban J connectivity index is 1.71. The fourth-order valence-corrected chi connectivity index (χ4v) is 3.68. The Labute approximate surface area is 174 Å². The average Bonchev–Trinajstić information content (AvgIpc) is 2.97. The van der Waals surface area contributed by atoms with Gasteiger partial charge < -0.3 is 9.47 Å². The number of hydrazone groups is 1. The number of hydrogen-bond donors (Lipinski definition) is 1. The van der Waals surface area contributed by atoms with Crippen molar-refractivity contribution in [2.24, 2.45) is 5.10 Å². The van der Waals surface area contributed by atoms with Gasteiger partial charge in [0.05, 0.1) is 16.3 Å². The normalized spacial score (nSPS) is 14.5. The van der Waals surface area contributed by atoms with Crippen molar-refractivity contribution in [3.63, 3.8) is 0 Å². The summed E-state index contributed by atoms with van der Waals surface area (Å²) in [5.74, 6) is -1.24. The van der Waals surface area contributed by atoms with Gasteiger partial charge >= 0.3 is 11.8 Å². The highest BCUT2D eigenvalue weighted by atomic mass is 35.5. The van der Waals surface area contributed by atoms with Gasteiger partial charge in [0, 0.05) is 35.7 Å². The van der Waals surface area contributed by atoms with Crippen LogP contribution in [-0.2, 0) is 9.59 Å². The lowest BCUT2D eigenvalue weighted by Gasteiger charge is -2.25. The number of aryl methyl sites for hydroxylation is 1. The molecule has 0 spiro atoms. The molecule has 8 heteroatoms. The molecule has 1 saturated heterocycles. The maximum Gasteiger partial charge on any atom is 0.329 e. The van der Waals surface area contributed by atoms with Crippen LogP contribution in [0.5, 0.6) is 0 Å². The van der Waals surface area contributed by atoms with Crippen LogP contribution in [0.4, 0.5) is 0 Å². The predicted molar refractivity (Wildman–Crippen MR) is 111 cm³/mol. The maximum atomic E-state index is 12.1. The molecule has 1 N–H and O–H groups in total. The van der Waals surface area contributed by atoms with Gasteiger partial charge in [0.2, 0.25) is 0 Å². The number of nitrogens with one attached hydrogen (secondary N) is 1. The van der Waals surface area contributed by atoms with Gasteiger partial charge in [0.25, 0.3) is 0 Å². The molecule has 0 aliphatic carbocycles. The number of hydrogen-bond acceptors (Lipinski definition) is 3. The van der Waals surface area contributed by atoms with Crippen molar-refractivity contribution in [3.8, 4) is 5.69 Å². The SMILES string of the molecule is Cc1cc(/C=N\NC(=O)C(=O)N2CCCCC2)c(C)n1-c1ccc(Cl)c(Cl)c1. The second-order valence-electron chi connectivity index (χ2n) is 6.81. The summed E-state index contributed by atoms with van der Waals surface area (Å²) < 4.78 is 2.02. The molecule has 0 unspecified atom stereocenters. The molecule has 3 rings (SSSR count). The summed E-state index contributed by atoms with van der Waals surface area (Å²) >= 11 is 12.1. The molecule has 1 fully saturated rings. The van der Waals surface area contributed by atoms with E-state index in [1.165, 1.54) is 6.21 Å². The van der Waals surface area contributed by atoms with Gasteiger partial charge in [-0.1, -0.05) is 23.2 Å². The standard InChI is InChI=1S/C20H22Cl2N4O2/c1-13-10-15(14(2)26(13)16-6-7-17(21)18(22)11-16)12-23-24-19(27)20(28)25-8-4-3-5-9-25/h6-7,10-12H,3-5,8-9H2,1-2H3,(H,24,27)/b23-12-. The first-order valence-electron chi connectivity index (χ1n) is 9.15. The van der Waals surface area contributed by atoms with E-state index in [0.29, 0.717) is 23.1 Å². The van der Waals surface area contributed by atoms with Crippen LogP contribution in [0.25, 0.3) is 5.69 Å². The van der Waals surface area contributed by atoms with E-state index in [9.17, 15) is 9.59 Å². The highest BCUT2D eigenvalue weighted by Gasteiger charge is 2.22. The lowest BCUT2D eigenvalue weighted by atomic mass is 10.1. The maximum absolute atomic E-state index is 12.1. The number of likely N-dealkylation sites (tertiary alicyclic amines) is 1. The Morgan fingerprint density at radius 1 is 1.07 bits per heavy atom. The molecule has 2 aromatic rings. The van der Waals surface area contributed by atoms with Gasteiger partial charge in [-0.25, -0.2) is 5.43 Å². The van der Waals surface area contributed by atoms with E-state index < -0.39 is 11.8 Å². The van der Waals surface area contributed by atoms with Crippen LogP contribution in [0, 0.1) is 13.8 Å². The Morgan fingerprint density at radius 2 is 1.79 bits per heavy atom. The third-order valence-electron chi connectivity index (χ3n) is 4.84. The van der Waals surface area contributed by atoms with E-state index >= 15 is 0 Å². The third-order valence-corrected chi connectivity index (χ3v) is 5.58. The van der Waals surface area contributed by atoms with E-state index in [4.69, 9.17) is 23.2 Å². The molecule has 1 aromatic carbocycles. The molecule has 2 amide bonds. The van der Waals surface area contributed by atoms with E-state index in [2.05, 4.69) is 10.5 Å². The van der Waals surface area contributed by atoms with Gasteiger partial charge in [0.15, 0.2) is 0 Å². The molecule has 0 radical (unpaired) electrons. The fourth-order valence-electron chi connectivity index (χ4n) is 3.39. The van der Waals surface area contributed by atoms with Crippen LogP contribution in [0.3, 0.4) is 0 Å². The molecule has 0 bridgehead atoms. The minimum absolute atomic E-state index is 0.477. The predicted octanol–water partition coefficient (Wildman–Crippen LogP) is 3.86. The van der Waals surface area contributed by atoms with Gasteiger partial charge in [0.1, 0.15) is 0 Å². The van der Waals surface area contributed by atoms with Crippen molar-refractivity contribution in [2.45, 2.75) is 33.1 Å². The van der Waals surface area contributed by atoms with E-state index in [1.807, 2.05) is 30.5 Å². The zero-order valence-electron chi connectivity index (χ0n) is 15.8. The largest absolute Gasteiger partial charge is 0.334 e. The summed E-state index contributed by atoms with van der Waals surface area (Å²) in [4.78, 5) is 25.7. The summed E-state index contributed by atoms with van der Waals surface area (Å²) in [6, 6.07) is 7.37. The Morgan fingerprint density at radius 3 is 2.46 bits per heavy atom. The number of halogens is 2. The summed E-state index contributed by atoms with van der Waals surface area (Å²) in [5, 5.41) is 4.94. The van der Waals surface area contributed by atoms with Crippen molar-refractivity contribution in [3.05, 3.63) is 51.3 Å². The molecule has 28 heavy (non-hydrogen) atoms. The molecule has 0 saturated carbocycles. The minimum atomic E-state index is -0.712. The molecule has 148 valence electrons. The molecular weight excluding hydrogens is 399 g/mol. The topological polar surface area (TPSA) is 66.7 Å². The summed E-state index contributed by atoms with van der Waals surface area (Å²) in [5.41, 5.74) is 5.95. The minimum Gasteiger partial charge on any atom is -0.334 e. The average molecular weight is 421 g/mol. The highest BCUT2D eigenvalue weighted by Crippen LogP contribution is 2.27. The third kappa shape index (κ3) is 4.39. The Hall–Kier alpha value is -2.31. The number of amides is 2. The summed E-state index contributed by atoms with van der Waals surface area (Å²) in [6.07, 6.45) is 4.50. The number of benzene rings is 1. The number of carbonyl (C=O) groups excluding carboxylic acids is 2. The number of carbonyl (C=O) groups is 2. The second kappa shape index (κ2) is 8.80. The summed E-state index contributed by atoms with van der Waals surface area (Å²) in [7, 11) is 0. The first-order valence-corrected chi connectivity index (χ1v) is 9.90. The van der Waals surface area contributed by atoms with Crippen LogP contribution < -0.4 is 5.43 Å². The van der Waals surface area contributed by atoms with E-state index in [1.54, 1.807) is 17.0 Å². The Bertz CT molecular complexity index is 931. The summed E-state index contributed by atoms with van der Waals surface area (Å²) in [6.45, 7) is 5.16. The monoisotopic (exact) mass is 420 g/mol.